The fraction of sp³-hybridized carbons (Fsp3) is 0.0833. The van der Waals surface area contributed by atoms with Gasteiger partial charge in [0, 0.05) is 17.3 Å². The maximum absolute atomic E-state index is 12.8. The van der Waals surface area contributed by atoms with Gasteiger partial charge in [0.15, 0.2) is 0 Å². The predicted molar refractivity (Wildman–Crippen MR) is 60.5 cm³/mol. The normalized spacial score (nSPS) is 10.2. The molecule has 82 valence electrons. The summed E-state index contributed by atoms with van der Waals surface area (Å²) in [5, 5.41) is 0.674. The average molecular weight is 238 g/mol. The van der Waals surface area contributed by atoms with E-state index in [1.54, 1.807) is 24.3 Å². The molecule has 1 aromatic heterocycles. The summed E-state index contributed by atoms with van der Waals surface area (Å²) in [6, 6.07) is 8.08. The van der Waals surface area contributed by atoms with Crippen LogP contribution >= 0.6 is 11.6 Å². The smallest absolute Gasteiger partial charge is 0.216 e. The number of rotatable bonds is 2. The maximum Gasteiger partial charge on any atom is 0.216 e. The highest BCUT2D eigenvalue weighted by molar-refractivity contribution is 6.31. The molecule has 2 rings (SSSR count). The number of benzene rings is 1. The Bertz CT molecular complexity index is 516. The van der Waals surface area contributed by atoms with Crippen molar-refractivity contribution >= 4 is 11.6 Å². The molecular formula is C12H9ClFNO. The highest BCUT2D eigenvalue weighted by Crippen LogP contribution is 2.25. The molecule has 0 unspecified atom stereocenters. The summed E-state index contributed by atoms with van der Waals surface area (Å²) in [6.45, 7) is 1.88. The van der Waals surface area contributed by atoms with Gasteiger partial charge in [-0.15, -0.1) is 0 Å². The van der Waals surface area contributed by atoms with Gasteiger partial charge >= 0.3 is 0 Å². The third kappa shape index (κ3) is 2.49. The van der Waals surface area contributed by atoms with E-state index in [2.05, 4.69) is 4.98 Å². The molecule has 1 aromatic carbocycles. The first-order valence-corrected chi connectivity index (χ1v) is 5.08. The van der Waals surface area contributed by atoms with Gasteiger partial charge in [-0.1, -0.05) is 11.6 Å². The number of pyridine rings is 1. The van der Waals surface area contributed by atoms with E-state index < -0.39 is 5.95 Å². The second-order valence-electron chi connectivity index (χ2n) is 3.33. The number of aryl methyl sites for hydroxylation is 1. The van der Waals surface area contributed by atoms with Gasteiger partial charge in [-0.3, -0.25) is 0 Å². The van der Waals surface area contributed by atoms with Crippen molar-refractivity contribution in [1.29, 1.82) is 0 Å². The lowest BCUT2D eigenvalue weighted by Gasteiger charge is -2.06. The van der Waals surface area contributed by atoms with E-state index in [9.17, 15) is 4.39 Å². The SMILES string of the molecule is Cc1cc(Oc2ccnc(F)c2)ccc1Cl. The predicted octanol–water partition coefficient (Wildman–Crippen LogP) is 3.97. The molecule has 0 atom stereocenters. The van der Waals surface area contributed by atoms with Crippen LogP contribution in [0.3, 0.4) is 0 Å². The van der Waals surface area contributed by atoms with Crippen molar-refractivity contribution in [2.24, 2.45) is 0 Å². The van der Waals surface area contributed by atoms with Crippen molar-refractivity contribution in [2.75, 3.05) is 0 Å². The van der Waals surface area contributed by atoms with Crippen molar-refractivity contribution < 1.29 is 9.13 Å². The minimum atomic E-state index is -0.566. The van der Waals surface area contributed by atoms with Crippen molar-refractivity contribution in [3.63, 3.8) is 0 Å². The summed E-state index contributed by atoms with van der Waals surface area (Å²) in [6.07, 6.45) is 1.35. The molecule has 4 heteroatoms. The van der Waals surface area contributed by atoms with Crippen LogP contribution in [0.25, 0.3) is 0 Å². The summed E-state index contributed by atoms with van der Waals surface area (Å²) in [7, 11) is 0. The fourth-order valence-electron chi connectivity index (χ4n) is 1.26. The van der Waals surface area contributed by atoms with Gasteiger partial charge in [-0.25, -0.2) is 4.98 Å². The van der Waals surface area contributed by atoms with Gasteiger partial charge in [0.05, 0.1) is 0 Å². The molecule has 2 aromatic rings. The molecule has 0 aliphatic heterocycles. The van der Waals surface area contributed by atoms with Crippen LogP contribution in [-0.4, -0.2) is 4.98 Å². The van der Waals surface area contributed by atoms with Crippen LogP contribution in [-0.2, 0) is 0 Å². The Hall–Kier alpha value is -1.61. The largest absolute Gasteiger partial charge is 0.457 e. The van der Waals surface area contributed by atoms with Gasteiger partial charge < -0.3 is 4.74 Å². The van der Waals surface area contributed by atoms with Gasteiger partial charge in [0.2, 0.25) is 5.95 Å². The lowest BCUT2D eigenvalue weighted by Crippen LogP contribution is -1.88. The van der Waals surface area contributed by atoms with Crippen LogP contribution in [0.2, 0.25) is 5.02 Å². The number of hydrogen-bond donors (Lipinski definition) is 0. The van der Waals surface area contributed by atoms with E-state index in [1.807, 2.05) is 6.92 Å². The molecule has 0 aliphatic carbocycles. The molecule has 0 amide bonds. The van der Waals surface area contributed by atoms with Crippen LogP contribution in [0.15, 0.2) is 36.5 Å². The second kappa shape index (κ2) is 4.49. The third-order valence-corrected chi connectivity index (χ3v) is 2.49. The molecular weight excluding hydrogens is 229 g/mol. The minimum absolute atomic E-state index is 0.411. The van der Waals surface area contributed by atoms with Crippen molar-refractivity contribution in [1.82, 2.24) is 4.98 Å². The third-order valence-electron chi connectivity index (χ3n) is 2.06. The maximum atomic E-state index is 12.8. The molecule has 0 fully saturated rings. The van der Waals surface area contributed by atoms with E-state index in [0.29, 0.717) is 16.5 Å². The molecule has 0 spiro atoms. The highest BCUT2D eigenvalue weighted by atomic mass is 35.5. The van der Waals surface area contributed by atoms with Crippen LogP contribution in [0, 0.1) is 12.9 Å². The first-order chi connectivity index (χ1) is 7.65. The molecule has 0 bridgehead atoms. The van der Waals surface area contributed by atoms with Gasteiger partial charge in [-0.2, -0.15) is 4.39 Å². The summed E-state index contributed by atoms with van der Waals surface area (Å²) in [5.74, 6) is 0.463. The zero-order chi connectivity index (χ0) is 11.5. The quantitative estimate of drug-likeness (QED) is 0.738. The summed E-state index contributed by atoms with van der Waals surface area (Å²) in [5.41, 5.74) is 0.911. The Balaban J connectivity index is 2.24. The molecule has 16 heavy (non-hydrogen) atoms. The monoisotopic (exact) mass is 237 g/mol. The van der Waals surface area contributed by atoms with Crippen molar-refractivity contribution in [3.8, 4) is 11.5 Å². The van der Waals surface area contributed by atoms with Crippen molar-refractivity contribution in [2.45, 2.75) is 6.92 Å². The van der Waals surface area contributed by atoms with E-state index >= 15 is 0 Å². The fourth-order valence-corrected chi connectivity index (χ4v) is 1.38. The number of ether oxygens (including phenoxy) is 1. The average Bonchev–Trinajstić information content (AvgIpc) is 2.24. The topological polar surface area (TPSA) is 22.1 Å². The Morgan fingerprint density at radius 1 is 1.19 bits per heavy atom. The second-order valence-corrected chi connectivity index (χ2v) is 3.73. The van der Waals surface area contributed by atoms with Gasteiger partial charge in [0.1, 0.15) is 11.5 Å². The lowest BCUT2D eigenvalue weighted by atomic mass is 10.2. The van der Waals surface area contributed by atoms with Crippen molar-refractivity contribution in [3.05, 3.63) is 53.1 Å². The minimum Gasteiger partial charge on any atom is -0.457 e. The molecule has 1 heterocycles. The zero-order valence-corrected chi connectivity index (χ0v) is 9.33. The number of halogens is 2. The Kier molecular flexibility index (Phi) is 3.06. The number of nitrogens with zero attached hydrogens (tertiary/aromatic N) is 1. The number of aromatic nitrogens is 1. The summed E-state index contributed by atoms with van der Waals surface area (Å²) >= 11 is 5.88. The highest BCUT2D eigenvalue weighted by Gasteiger charge is 2.01. The molecule has 0 aliphatic rings. The molecule has 0 saturated carbocycles. The van der Waals surface area contributed by atoms with Crippen LogP contribution in [0.5, 0.6) is 11.5 Å². The molecule has 0 radical (unpaired) electrons. The van der Waals surface area contributed by atoms with E-state index in [4.69, 9.17) is 16.3 Å². The van der Waals surface area contributed by atoms with Gasteiger partial charge in [-0.05, 0) is 36.8 Å². The number of hydrogen-bond acceptors (Lipinski definition) is 2. The first kappa shape index (κ1) is 10.9. The Labute approximate surface area is 97.7 Å². The van der Waals surface area contributed by atoms with E-state index in [-0.39, 0.29) is 0 Å². The van der Waals surface area contributed by atoms with Crippen LogP contribution < -0.4 is 4.74 Å². The van der Waals surface area contributed by atoms with E-state index in [0.717, 1.165) is 5.56 Å². The standard InChI is InChI=1S/C12H9ClFNO/c1-8-6-9(2-3-11(8)13)16-10-4-5-15-12(14)7-10/h2-7H,1H3. The summed E-state index contributed by atoms with van der Waals surface area (Å²) in [4.78, 5) is 3.45. The zero-order valence-electron chi connectivity index (χ0n) is 8.58. The lowest BCUT2D eigenvalue weighted by molar-refractivity contribution is 0.472. The molecule has 0 saturated heterocycles. The first-order valence-electron chi connectivity index (χ1n) is 4.71. The Morgan fingerprint density at radius 2 is 1.94 bits per heavy atom. The Morgan fingerprint density at radius 3 is 2.62 bits per heavy atom. The van der Waals surface area contributed by atoms with Crippen LogP contribution in [0.4, 0.5) is 4.39 Å². The molecule has 2 nitrogen and oxygen atoms in total. The summed E-state index contributed by atoms with van der Waals surface area (Å²) < 4.78 is 18.3. The van der Waals surface area contributed by atoms with E-state index in [1.165, 1.54) is 12.3 Å². The van der Waals surface area contributed by atoms with Gasteiger partial charge in [0.25, 0.3) is 0 Å². The molecule has 0 N–H and O–H groups in total. The van der Waals surface area contributed by atoms with Crippen LogP contribution in [0.1, 0.15) is 5.56 Å².